The molecule has 2 rings (SSSR count). The summed E-state index contributed by atoms with van der Waals surface area (Å²) in [5, 5.41) is 2.05. The zero-order chi connectivity index (χ0) is 14.0. The Kier molecular flexibility index (Phi) is 3.32. The number of aromatic nitrogens is 2. The number of nitrogens with zero attached hydrogens (tertiary/aromatic N) is 2. The monoisotopic (exact) mass is 268 g/mol. The van der Waals surface area contributed by atoms with E-state index in [2.05, 4.69) is 15.3 Å². The van der Waals surface area contributed by atoms with E-state index in [0.29, 0.717) is 6.07 Å². The summed E-state index contributed by atoms with van der Waals surface area (Å²) in [4.78, 5) is 18.9. The van der Waals surface area contributed by atoms with Gasteiger partial charge in [-0.2, -0.15) is 0 Å². The third-order valence-electron chi connectivity index (χ3n) is 2.19. The normalized spacial score (nSPS) is 10.3. The molecular weight excluding hydrogens is 261 g/mol. The largest absolute Gasteiger partial charge is 0.382 e. The van der Waals surface area contributed by atoms with Gasteiger partial charge in [0.25, 0.3) is 5.91 Å². The van der Waals surface area contributed by atoms with Crippen LogP contribution in [0.2, 0.25) is 0 Å². The van der Waals surface area contributed by atoms with Crippen molar-refractivity contribution in [2.45, 2.75) is 0 Å². The number of benzene rings is 1. The summed E-state index contributed by atoms with van der Waals surface area (Å²) in [6.07, 6.45) is 2.21. The van der Waals surface area contributed by atoms with Crippen LogP contribution in [0.25, 0.3) is 0 Å². The first kappa shape index (κ1) is 12.8. The smallest absolute Gasteiger partial charge is 0.275 e. The van der Waals surface area contributed by atoms with Crippen molar-refractivity contribution in [2.75, 3.05) is 11.1 Å². The summed E-state index contributed by atoms with van der Waals surface area (Å²) < 4.78 is 39.0. The average molecular weight is 268 g/mol. The van der Waals surface area contributed by atoms with Crippen molar-refractivity contribution < 1.29 is 18.0 Å². The van der Waals surface area contributed by atoms with E-state index in [0.717, 1.165) is 18.5 Å². The van der Waals surface area contributed by atoms with Crippen molar-refractivity contribution in [2.24, 2.45) is 0 Å². The van der Waals surface area contributed by atoms with Gasteiger partial charge in [0.1, 0.15) is 11.5 Å². The van der Waals surface area contributed by atoms with Crippen LogP contribution in [-0.2, 0) is 0 Å². The number of amides is 1. The third kappa shape index (κ3) is 2.62. The molecule has 8 heteroatoms. The summed E-state index contributed by atoms with van der Waals surface area (Å²) >= 11 is 0. The van der Waals surface area contributed by atoms with Crippen molar-refractivity contribution in [1.82, 2.24) is 9.97 Å². The molecule has 0 unspecified atom stereocenters. The summed E-state index contributed by atoms with van der Waals surface area (Å²) in [6.45, 7) is 0. The molecule has 1 aromatic heterocycles. The van der Waals surface area contributed by atoms with Crippen LogP contribution in [0.1, 0.15) is 10.5 Å². The first-order valence-corrected chi connectivity index (χ1v) is 5.01. The first-order valence-electron chi connectivity index (χ1n) is 5.01. The molecule has 0 atom stereocenters. The number of carbonyl (C=O) groups excluding carboxylic acids is 1. The molecule has 2 aromatic rings. The Morgan fingerprint density at radius 2 is 1.84 bits per heavy atom. The highest BCUT2D eigenvalue weighted by Crippen LogP contribution is 2.20. The zero-order valence-corrected chi connectivity index (χ0v) is 9.32. The minimum Gasteiger partial charge on any atom is -0.382 e. The van der Waals surface area contributed by atoms with Gasteiger partial charge in [-0.1, -0.05) is 0 Å². The molecule has 98 valence electrons. The molecule has 0 spiro atoms. The van der Waals surface area contributed by atoms with Crippen LogP contribution in [0.5, 0.6) is 0 Å². The lowest BCUT2D eigenvalue weighted by Crippen LogP contribution is -2.16. The average Bonchev–Trinajstić information content (AvgIpc) is 2.40. The molecule has 0 saturated carbocycles. The summed E-state index contributed by atoms with van der Waals surface area (Å²) in [5.74, 6) is -5.21. The zero-order valence-electron chi connectivity index (χ0n) is 9.32. The van der Waals surface area contributed by atoms with Crippen molar-refractivity contribution in [3.05, 3.63) is 47.7 Å². The lowest BCUT2D eigenvalue weighted by molar-refractivity contribution is 0.102. The lowest BCUT2D eigenvalue weighted by Gasteiger charge is -2.06. The van der Waals surface area contributed by atoms with Gasteiger partial charge in [0.05, 0.1) is 18.1 Å². The topological polar surface area (TPSA) is 80.9 Å². The second-order valence-electron chi connectivity index (χ2n) is 3.50. The van der Waals surface area contributed by atoms with Crippen LogP contribution in [-0.4, -0.2) is 15.9 Å². The predicted molar refractivity (Wildman–Crippen MR) is 60.7 cm³/mol. The van der Waals surface area contributed by atoms with E-state index in [1.54, 1.807) is 0 Å². The van der Waals surface area contributed by atoms with Gasteiger partial charge in [-0.25, -0.2) is 23.1 Å². The van der Waals surface area contributed by atoms with Gasteiger partial charge < -0.3 is 11.1 Å². The summed E-state index contributed by atoms with van der Waals surface area (Å²) in [5.41, 5.74) is 4.65. The van der Waals surface area contributed by atoms with Crippen molar-refractivity contribution in [3.8, 4) is 0 Å². The highest BCUT2D eigenvalue weighted by atomic mass is 19.2. The van der Waals surface area contributed by atoms with Crippen LogP contribution in [0.3, 0.4) is 0 Å². The molecule has 0 saturated heterocycles. The maximum atomic E-state index is 13.3. The van der Waals surface area contributed by atoms with Gasteiger partial charge in [0.15, 0.2) is 17.5 Å². The Bertz CT molecular complexity index is 631. The van der Waals surface area contributed by atoms with Crippen LogP contribution >= 0.6 is 0 Å². The molecule has 1 amide bonds. The molecule has 1 aromatic carbocycles. The maximum Gasteiger partial charge on any atom is 0.275 e. The second kappa shape index (κ2) is 4.92. The Labute approximate surface area is 105 Å². The minimum atomic E-state index is -1.67. The SMILES string of the molecule is Nc1cnc(C(=O)Nc2ccc(F)c(F)c2F)cn1. The van der Waals surface area contributed by atoms with E-state index < -0.39 is 29.0 Å². The fraction of sp³-hybridized carbons (Fsp3) is 0. The molecule has 0 bridgehead atoms. The van der Waals surface area contributed by atoms with Gasteiger partial charge >= 0.3 is 0 Å². The number of hydrogen-bond donors (Lipinski definition) is 2. The number of hydrogen-bond acceptors (Lipinski definition) is 4. The van der Waals surface area contributed by atoms with E-state index in [9.17, 15) is 18.0 Å². The number of nitrogens with one attached hydrogen (secondary N) is 1. The number of nitrogen functional groups attached to an aromatic ring is 1. The summed E-state index contributed by atoms with van der Waals surface area (Å²) in [6, 6.07) is 1.60. The molecule has 0 aliphatic carbocycles. The molecule has 19 heavy (non-hydrogen) atoms. The van der Waals surface area contributed by atoms with E-state index in [1.807, 2.05) is 0 Å². The van der Waals surface area contributed by atoms with Gasteiger partial charge in [0, 0.05) is 0 Å². The second-order valence-corrected chi connectivity index (χ2v) is 3.50. The Morgan fingerprint density at radius 3 is 2.47 bits per heavy atom. The van der Waals surface area contributed by atoms with Crippen LogP contribution in [0.15, 0.2) is 24.5 Å². The lowest BCUT2D eigenvalue weighted by atomic mass is 10.2. The molecular formula is C11H7F3N4O. The quantitative estimate of drug-likeness (QED) is 0.813. The Balaban J connectivity index is 2.24. The minimum absolute atomic E-state index is 0.107. The molecule has 0 fully saturated rings. The van der Waals surface area contributed by atoms with E-state index in [1.165, 1.54) is 0 Å². The van der Waals surface area contributed by atoms with Gasteiger partial charge in [-0.3, -0.25) is 4.79 Å². The van der Waals surface area contributed by atoms with E-state index in [-0.39, 0.29) is 11.5 Å². The standard InChI is InChI=1S/C11H7F3N4O/c12-5-1-2-6(10(14)9(5)13)18-11(19)7-3-17-8(15)4-16-7/h1-4H,(H2,15,17)(H,18,19). The molecule has 1 heterocycles. The van der Waals surface area contributed by atoms with Crippen LogP contribution in [0.4, 0.5) is 24.7 Å². The third-order valence-corrected chi connectivity index (χ3v) is 2.19. The van der Waals surface area contributed by atoms with Gasteiger partial charge in [-0.05, 0) is 12.1 Å². The van der Waals surface area contributed by atoms with Crippen molar-refractivity contribution in [3.63, 3.8) is 0 Å². The Morgan fingerprint density at radius 1 is 1.11 bits per heavy atom. The molecule has 0 aliphatic rings. The summed E-state index contributed by atoms with van der Waals surface area (Å²) in [7, 11) is 0. The molecule has 3 N–H and O–H groups in total. The van der Waals surface area contributed by atoms with Gasteiger partial charge in [-0.15, -0.1) is 0 Å². The highest BCUT2D eigenvalue weighted by molar-refractivity contribution is 6.02. The van der Waals surface area contributed by atoms with Crippen molar-refractivity contribution >= 4 is 17.4 Å². The fourth-order valence-corrected chi connectivity index (χ4v) is 1.26. The van der Waals surface area contributed by atoms with Crippen LogP contribution in [0, 0.1) is 17.5 Å². The Hall–Kier alpha value is -2.64. The van der Waals surface area contributed by atoms with Crippen molar-refractivity contribution in [1.29, 1.82) is 0 Å². The fourth-order valence-electron chi connectivity index (χ4n) is 1.26. The maximum absolute atomic E-state index is 13.3. The number of nitrogens with two attached hydrogens (primary N) is 1. The van der Waals surface area contributed by atoms with E-state index >= 15 is 0 Å². The van der Waals surface area contributed by atoms with Crippen LogP contribution < -0.4 is 11.1 Å². The highest BCUT2D eigenvalue weighted by Gasteiger charge is 2.16. The number of rotatable bonds is 2. The number of anilines is 2. The van der Waals surface area contributed by atoms with E-state index in [4.69, 9.17) is 5.73 Å². The number of carbonyl (C=O) groups is 1. The molecule has 0 aliphatic heterocycles. The predicted octanol–water partition coefficient (Wildman–Crippen LogP) is 1.73. The first-order chi connectivity index (χ1) is 8.99. The van der Waals surface area contributed by atoms with Gasteiger partial charge in [0.2, 0.25) is 0 Å². The number of halogens is 3. The molecule has 5 nitrogen and oxygen atoms in total. The molecule has 0 radical (unpaired) electrons.